The Bertz CT molecular complexity index is 886. The smallest absolute Gasteiger partial charge is 0.274 e. The topological polar surface area (TPSA) is 109 Å². The summed E-state index contributed by atoms with van der Waals surface area (Å²) < 4.78 is 10.4. The molecular weight excluding hydrogens is 336 g/mol. The largest absolute Gasteiger partial charge is 0.496 e. The molecule has 8 nitrogen and oxygen atoms in total. The molecule has 0 aliphatic heterocycles. The highest BCUT2D eigenvalue weighted by Crippen LogP contribution is 2.19. The first kappa shape index (κ1) is 17.3. The summed E-state index contributed by atoms with van der Waals surface area (Å²) in [6, 6.07) is 10.7. The third kappa shape index (κ3) is 4.10. The van der Waals surface area contributed by atoms with Crippen LogP contribution in [0.1, 0.15) is 21.8 Å². The van der Waals surface area contributed by atoms with Gasteiger partial charge in [0, 0.05) is 11.8 Å². The molecule has 1 aromatic carbocycles. The van der Waals surface area contributed by atoms with Crippen LogP contribution in [0.4, 0.5) is 5.69 Å². The predicted molar refractivity (Wildman–Crippen MR) is 93.8 cm³/mol. The van der Waals surface area contributed by atoms with Crippen LogP contribution < -0.4 is 15.4 Å². The number of aromatic amines is 1. The van der Waals surface area contributed by atoms with Crippen molar-refractivity contribution in [2.75, 3.05) is 12.4 Å². The molecule has 0 atom stereocenters. The van der Waals surface area contributed by atoms with E-state index in [4.69, 9.17) is 9.15 Å². The Labute approximate surface area is 149 Å². The fraction of sp³-hybridized carbons (Fsp3) is 0.167. The number of furan rings is 1. The number of anilines is 1. The average Bonchev–Trinajstić information content (AvgIpc) is 3.32. The molecule has 3 rings (SSSR count). The minimum atomic E-state index is -0.421. The summed E-state index contributed by atoms with van der Waals surface area (Å²) in [5, 5.41) is 11.9. The minimum absolute atomic E-state index is 0.102. The molecule has 0 radical (unpaired) electrons. The maximum Gasteiger partial charge on any atom is 0.274 e. The van der Waals surface area contributed by atoms with Crippen LogP contribution in [0.5, 0.6) is 5.75 Å². The first-order chi connectivity index (χ1) is 12.7. The van der Waals surface area contributed by atoms with E-state index >= 15 is 0 Å². The Morgan fingerprint density at radius 2 is 2.08 bits per heavy atom. The van der Waals surface area contributed by atoms with Gasteiger partial charge in [0.1, 0.15) is 11.5 Å². The lowest BCUT2D eigenvalue weighted by Crippen LogP contribution is -2.25. The lowest BCUT2D eigenvalue weighted by molar-refractivity contribution is -0.115. The Hall–Kier alpha value is -3.55. The number of carbonyl (C=O) groups excluding carboxylic acids is 2. The highest BCUT2D eigenvalue weighted by Gasteiger charge is 2.17. The van der Waals surface area contributed by atoms with Gasteiger partial charge in [-0.05, 0) is 18.2 Å². The van der Waals surface area contributed by atoms with E-state index in [9.17, 15) is 9.59 Å². The van der Waals surface area contributed by atoms with Crippen LogP contribution in [0, 0.1) is 0 Å². The number of H-pyrrole nitrogens is 1. The van der Waals surface area contributed by atoms with Gasteiger partial charge < -0.3 is 19.8 Å². The Balaban J connectivity index is 1.62. The molecule has 0 saturated carbocycles. The maximum absolute atomic E-state index is 12.3. The zero-order valence-electron chi connectivity index (χ0n) is 14.1. The van der Waals surface area contributed by atoms with E-state index in [1.165, 1.54) is 12.5 Å². The molecule has 2 amide bonds. The number of hydrogen-bond acceptors (Lipinski definition) is 5. The molecule has 2 aromatic heterocycles. The fourth-order valence-electron chi connectivity index (χ4n) is 2.44. The zero-order chi connectivity index (χ0) is 18.4. The molecule has 3 aromatic rings. The van der Waals surface area contributed by atoms with E-state index in [0.717, 1.165) is 5.56 Å². The number of benzene rings is 1. The van der Waals surface area contributed by atoms with Gasteiger partial charge >= 0.3 is 0 Å². The molecular formula is C18H18N4O4. The lowest BCUT2D eigenvalue weighted by atomic mass is 10.1. The molecule has 0 saturated heterocycles. The van der Waals surface area contributed by atoms with Crippen molar-refractivity contribution >= 4 is 17.5 Å². The lowest BCUT2D eigenvalue weighted by Gasteiger charge is -2.09. The highest BCUT2D eigenvalue weighted by molar-refractivity contribution is 6.02. The van der Waals surface area contributed by atoms with Gasteiger partial charge in [0.2, 0.25) is 5.91 Å². The van der Waals surface area contributed by atoms with Crippen molar-refractivity contribution in [2.45, 2.75) is 13.0 Å². The molecule has 0 fully saturated rings. The van der Waals surface area contributed by atoms with Gasteiger partial charge in [-0.25, -0.2) is 0 Å². The second-order valence-electron chi connectivity index (χ2n) is 5.45. The van der Waals surface area contributed by atoms with Crippen LogP contribution in [0.15, 0.2) is 53.3 Å². The van der Waals surface area contributed by atoms with E-state index in [1.54, 1.807) is 25.3 Å². The summed E-state index contributed by atoms with van der Waals surface area (Å²) >= 11 is 0. The standard InChI is InChI=1S/C18H18N4O4/c1-25-15-7-3-2-5-12(15)9-16(23)21-14-11-20-22-17(14)18(24)19-10-13-6-4-8-26-13/h2-8,11H,9-10H2,1H3,(H,19,24)(H,20,22)(H,21,23). The number of methoxy groups -OCH3 is 1. The molecule has 0 aliphatic carbocycles. The molecule has 8 heteroatoms. The van der Waals surface area contributed by atoms with Gasteiger partial charge in [-0.1, -0.05) is 18.2 Å². The van der Waals surface area contributed by atoms with Crippen molar-refractivity contribution in [3.8, 4) is 5.75 Å². The van der Waals surface area contributed by atoms with Gasteiger partial charge in [0.05, 0.1) is 32.0 Å². The Morgan fingerprint density at radius 3 is 2.85 bits per heavy atom. The minimum Gasteiger partial charge on any atom is -0.496 e. The van der Waals surface area contributed by atoms with Crippen molar-refractivity contribution in [3.63, 3.8) is 0 Å². The summed E-state index contributed by atoms with van der Waals surface area (Å²) in [7, 11) is 1.55. The van der Waals surface area contributed by atoms with Gasteiger partial charge in [-0.3, -0.25) is 14.7 Å². The molecule has 2 heterocycles. The highest BCUT2D eigenvalue weighted by atomic mass is 16.5. The number of nitrogens with zero attached hydrogens (tertiary/aromatic N) is 1. The van der Waals surface area contributed by atoms with E-state index in [2.05, 4.69) is 20.8 Å². The van der Waals surface area contributed by atoms with Crippen molar-refractivity contribution in [1.29, 1.82) is 0 Å². The van der Waals surface area contributed by atoms with Gasteiger partial charge in [-0.2, -0.15) is 5.10 Å². The van der Waals surface area contributed by atoms with Crippen LogP contribution in [-0.4, -0.2) is 29.1 Å². The first-order valence-corrected chi connectivity index (χ1v) is 7.93. The SMILES string of the molecule is COc1ccccc1CC(=O)Nc1c[nH]nc1C(=O)NCc1ccco1. The normalized spacial score (nSPS) is 10.3. The van der Waals surface area contributed by atoms with Crippen molar-refractivity contribution in [1.82, 2.24) is 15.5 Å². The first-order valence-electron chi connectivity index (χ1n) is 7.93. The number of amides is 2. The molecule has 0 bridgehead atoms. The van der Waals surface area contributed by atoms with E-state index in [-0.39, 0.29) is 24.6 Å². The van der Waals surface area contributed by atoms with E-state index in [0.29, 0.717) is 17.2 Å². The summed E-state index contributed by atoms with van der Waals surface area (Å²) in [6.07, 6.45) is 3.10. The van der Waals surface area contributed by atoms with Crippen molar-refractivity contribution in [3.05, 3.63) is 65.9 Å². The number of hydrogen-bond donors (Lipinski definition) is 3. The third-order valence-corrected chi connectivity index (χ3v) is 3.68. The number of carbonyl (C=O) groups is 2. The maximum atomic E-state index is 12.3. The summed E-state index contributed by atoms with van der Waals surface area (Å²) in [5.41, 5.74) is 1.16. The molecule has 0 aliphatic rings. The van der Waals surface area contributed by atoms with Crippen LogP contribution in [0.2, 0.25) is 0 Å². The molecule has 0 unspecified atom stereocenters. The summed E-state index contributed by atoms with van der Waals surface area (Å²) in [5.74, 6) is 0.549. The number of ether oxygens (including phenoxy) is 1. The number of para-hydroxylation sites is 1. The average molecular weight is 354 g/mol. The van der Waals surface area contributed by atoms with Crippen LogP contribution in [0.25, 0.3) is 0 Å². The number of nitrogens with one attached hydrogen (secondary N) is 3. The Kier molecular flexibility index (Phi) is 5.33. The number of aromatic nitrogens is 2. The zero-order valence-corrected chi connectivity index (χ0v) is 14.1. The molecule has 26 heavy (non-hydrogen) atoms. The van der Waals surface area contributed by atoms with Crippen LogP contribution in [-0.2, 0) is 17.8 Å². The molecule has 3 N–H and O–H groups in total. The van der Waals surface area contributed by atoms with E-state index < -0.39 is 5.91 Å². The fourth-order valence-corrected chi connectivity index (χ4v) is 2.44. The van der Waals surface area contributed by atoms with Gasteiger partial charge in [-0.15, -0.1) is 0 Å². The van der Waals surface area contributed by atoms with Gasteiger partial charge in [0.15, 0.2) is 5.69 Å². The second kappa shape index (κ2) is 8.02. The molecule has 0 spiro atoms. The van der Waals surface area contributed by atoms with Crippen molar-refractivity contribution in [2.24, 2.45) is 0 Å². The summed E-state index contributed by atoms with van der Waals surface area (Å²) in [4.78, 5) is 24.6. The Morgan fingerprint density at radius 1 is 1.23 bits per heavy atom. The van der Waals surface area contributed by atoms with Crippen LogP contribution in [0.3, 0.4) is 0 Å². The van der Waals surface area contributed by atoms with Gasteiger partial charge in [0.25, 0.3) is 5.91 Å². The van der Waals surface area contributed by atoms with E-state index in [1.807, 2.05) is 18.2 Å². The third-order valence-electron chi connectivity index (χ3n) is 3.68. The quantitative estimate of drug-likeness (QED) is 0.602. The number of rotatable bonds is 7. The second-order valence-corrected chi connectivity index (χ2v) is 5.45. The summed E-state index contributed by atoms with van der Waals surface area (Å²) in [6.45, 7) is 0.229. The predicted octanol–water partition coefficient (Wildman–Crippen LogP) is 2.12. The van der Waals surface area contributed by atoms with Crippen LogP contribution >= 0.6 is 0 Å². The van der Waals surface area contributed by atoms with Crippen molar-refractivity contribution < 1.29 is 18.7 Å². The monoisotopic (exact) mass is 354 g/mol. The molecule has 134 valence electrons.